The molecule has 1 aliphatic carbocycles. The molecule has 3 heterocycles. The van der Waals surface area contributed by atoms with E-state index in [0.29, 0.717) is 12.5 Å². The van der Waals surface area contributed by atoms with Crippen LogP contribution < -0.4 is 5.56 Å². The van der Waals surface area contributed by atoms with E-state index in [1.165, 1.54) is 0 Å². The van der Waals surface area contributed by atoms with Gasteiger partial charge in [-0.1, -0.05) is 0 Å². The van der Waals surface area contributed by atoms with Gasteiger partial charge in [-0.15, -0.1) is 0 Å². The first-order chi connectivity index (χ1) is 10.7. The summed E-state index contributed by atoms with van der Waals surface area (Å²) in [4.78, 5) is 32.9. The Bertz CT molecular complexity index is 744. The van der Waals surface area contributed by atoms with Gasteiger partial charge in [-0.2, -0.15) is 0 Å². The monoisotopic (exact) mass is 297 g/mol. The van der Waals surface area contributed by atoms with E-state index < -0.39 is 0 Å². The summed E-state index contributed by atoms with van der Waals surface area (Å²) in [6, 6.07) is 7.57. The Morgan fingerprint density at radius 3 is 2.68 bits per heavy atom. The molecular weight excluding hydrogens is 278 g/mol. The Hall–Kier alpha value is -2.30. The second-order valence-corrected chi connectivity index (χ2v) is 6.21. The summed E-state index contributed by atoms with van der Waals surface area (Å²) in [7, 11) is 0. The zero-order valence-electron chi connectivity index (χ0n) is 12.3. The standard InChI is InChI=1S/C17H19N3O2/c21-16-12(7-8-13(19-16)11-5-6-11)17(22)20-10-2-4-15(20)14-3-1-9-18-14/h1,3,7-9,11,15,18H,2,4-6,10H2,(H,19,21). The van der Waals surface area contributed by atoms with Gasteiger partial charge in [-0.25, -0.2) is 0 Å². The van der Waals surface area contributed by atoms with Crippen LogP contribution in [0.5, 0.6) is 0 Å². The number of aromatic nitrogens is 2. The Balaban J connectivity index is 1.62. The molecule has 5 nitrogen and oxygen atoms in total. The van der Waals surface area contributed by atoms with Gasteiger partial charge >= 0.3 is 0 Å². The third kappa shape index (κ3) is 2.26. The van der Waals surface area contributed by atoms with E-state index in [-0.39, 0.29) is 23.1 Å². The maximum atomic E-state index is 12.8. The Kier molecular flexibility index (Phi) is 3.13. The van der Waals surface area contributed by atoms with E-state index in [9.17, 15) is 9.59 Å². The van der Waals surface area contributed by atoms with E-state index in [4.69, 9.17) is 0 Å². The van der Waals surface area contributed by atoms with Gasteiger partial charge in [0.15, 0.2) is 0 Å². The number of nitrogens with zero attached hydrogens (tertiary/aromatic N) is 1. The third-order valence-electron chi connectivity index (χ3n) is 4.67. The lowest BCUT2D eigenvalue weighted by Gasteiger charge is -2.23. The summed E-state index contributed by atoms with van der Waals surface area (Å²) in [5.74, 6) is 0.316. The summed E-state index contributed by atoms with van der Waals surface area (Å²) in [5, 5.41) is 0. The molecule has 0 aromatic carbocycles. The molecule has 1 atom stereocenters. The second kappa shape index (κ2) is 5.16. The fourth-order valence-electron chi connectivity index (χ4n) is 3.33. The van der Waals surface area contributed by atoms with Crippen LogP contribution in [0.3, 0.4) is 0 Å². The largest absolute Gasteiger partial charge is 0.363 e. The van der Waals surface area contributed by atoms with Crippen molar-refractivity contribution in [2.45, 2.75) is 37.6 Å². The van der Waals surface area contributed by atoms with Gasteiger partial charge < -0.3 is 14.9 Å². The lowest BCUT2D eigenvalue weighted by Crippen LogP contribution is -2.34. The van der Waals surface area contributed by atoms with E-state index in [1.807, 2.05) is 29.3 Å². The van der Waals surface area contributed by atoms with Gasteiger partial charge in [0, 0.05) is 24.1 Å². The Morgan fingerprint density at radius 1 is 1.14 bits per heavy atom. The number of likely N-dealkylation sites (tertiary alicyclic amines) is 1. The summed E-state index contributed by atoms with van der Waals surface area (Å²) in [6.45, 7) is 0.701. The molecule has 0 bridgehead atoms. The molecule has 5 heteroatoms. The number of amides is 1. The first-order valence-corrected chi connectivity index (χ1v) is 7.91. The molecule has 1 saturated carbocycles. The predicted octanol–water partition coefficient (Wildman–Crippen LogP) is 2.56. The van der Waals surface area contributed by atoms with Crippen LogP contribution in [0.1, 0.15) is 59.4 Å². The normalized spacial score (nSPS) is 21.3. The van der Waals surface area contributed by atoms with Gasteiger partial charge in [0.05, 0.1) is 6.04 Å². The molecule has 2 aliphatic rings. The quantitative estimate of drug-likeness (QED) is 0.914. The summed E-state index contributed by atoms with van der Waals surface area (Å²) < 4.78 is 0. The van der Waals surface area contributed by atoms with Crippen molar-refractivity contribution in [3.05, 3.63) is 57.8 Å². The molecule has 2 aromatic rings. The topological polar surface area (TPSA) is 69.0 Å². The number of carbonyl (C=O) groups is 1. The molecule has 1 unspecified atom stereocenters. The number of pyridine rings is 1. The zero-order valence-corrected chi connectivity index (χ0v) is 12.3. The molecule has 22 heavy (non-hydrogen) atoms. The SMILES string of the molecule is O=C(c1ccc(C2CC2)[nH]c1=O)N1CCCC1c1ccc[nH]1. The summed E-state index contributed by atoms with van der Waals surface area (Å²) in [6.07, 6.45) is 6.03. The van der Waals surface area contributed by atoms with Gasteiger partial charge in [-0.05, 0) is 55.9 Å². The van der Waals surface area contributed by atoms with Crippen LogP contribution in [0.2, 0.25) is 0 Å². The Labute approximate surface area is 128 Å². The van der Waals surface area contributed by atoms with Crippen molar-refractivity contribution >= 4 is 5.91 Å². The maximum absolute atomic E-state index is 12.8. The van der Waals surface area contributed by atoms with E-state index in [0.717, 1.165) is 37.1 Å². The van der Waals surface area contributed by atoms with E-state index >= 15 is 0 Å². The molecule has 4 rings (SSSR count). The highest BCUT2D eigenvalue weighted by Crippen LogP contribution is 2.38. The minimum Gasteiger partial charge on any atom is -0.363 e. The van der Waals surface area contributed by atoms with Crippen molar-refractivity contribution in [3.63, 3.8) is 0 Å². The Morgan fingerprint density at radius 2 is 2.00 bits per heavy atom. The highest BCUT2D eigenvalue weighted by molar-refractivity contribution is 5.94. The number of rotatable bonds is 3. The first-order valence-electron chi connectivity index (χ1n) is 7.91. The lowest BCUT2D eigenvalue weighted by atomic mass is 10.1. The number of carbonyl (C=O) groups excluding carboxylic acids is 1. The van der Waals surface area contributed by atoms with E-state index in [1.54, 1.807) is 6.07 Å². The maximum Gasteiger partial charge on any atom is 0.261 e. The van der Waals surface area contributed by atoms with Crippen LogP contribution in [0, 0.1) is 0 Å². The number of aromatic amines is 2. The average molecular weight is 297 g/mol. The summed E-state index contributed by atoms with van der Waals surface area (Å²) in [5.41, 5.74) is 2.00. The minimum atomic E-state index is -0.258. The number of nitrogens with one attached hydrogen (secondary N) is 2. The van der Waals surface area contributed by atoms with Crippen LogP contribution in [-0.2, 0) is 0 Å². The van der Waals surface area contributed by atoms with Gasteiger partial charge in [0.1, 0.15) is 5.56 Å². The number of hydrogen-bond acceptors (Lipinski definition) is 2. The molecule has 2 N–H and O–H groups in total. The minimum absolute atomic E-state index is 0.0463. The van der Waals surface area contributed by atoms with Gasteiger partial charge in [0.25, 0.3) is 11.5 Å². The van der Waals surface area contributed by atoms with Crippen molar-refractivity contribution in [2.24, 2.45) is 0 Å². The van der Waals surface area contributed by atoms with Crippen molar-refractivity contribution in [3.8, 4) is 0 Å². The second-order valence-electron chi connectivity index (χ2n) is 6.21. The fourth-order valence-corrected chi connectivity index (χ4v) is 3.33. The van der Waals surface area contributed by atoms with Crippen molar-refractivity contribution in [1.82, 2.24) is 14.9 Å². The molecule has 1 amide bonds. The first kappa shape index (κ1) is 13.4. The molecular formula is C17H19N3O2. The lowest BCUT2D eigenvalue weighted by molar-refractivity contribution is 0.0731. The van der Waals surface area contributed by atoms with Gasteiger partial charge in [-0.3, -0.25) is 9.59 Å². The highest BCUT2D eigenvalue weighted by atomic mass is 16.2. The predicted molar refractivity (Wildman–Crippen MR) is 82.8 cm³/mol. The van der Waals surface area contributed by atoms with Crippen LogP contribution in [0.15, 0.2) is 35.3 Å². The summed E-state index contributed by atoms with van der Waals surface area (Å²) >= 11 is 0. The molecule has 1 aliphatic heterocycles. The molecule has 2 aromatic heterocycles. The van der Waals surface area contributed by atoms with Crippen molar-refractivity contribution < 1.29 is 4.79 Å². The third-order valence-corrected chi connectivity index (χ3v) is 4.67. The van der Waals surface area contributed by atoms with Crippen LogP contribution >= 0.6 is 0 Å². The van der Waals surface area contributed by atoms with Crippen LogP contribution in [-0.4, -0.2) is 27.3 Å². The molecule has 2 fully saturated rings. The van der Waals surface area contributed by atoms with Crippen molar-refractivity contribution in [2.75, 3.05) is 6.54 Å². The zero-order chi connectivity index (χ0) is 15.1. The number of H-pyrrole nitrogens is 2. The smallest absolute Gasteiger partial charge is 0.261 e. The highest BCUT2D eigenvalue weighted by Gasteiger charge is 2.32. The van der Waals surface area contributed by atoms with Crippen LogP contribution in [0.4, 0.5) is 0 Å². The fraction of sp³-hybridized carbons (Fsp3) is 0.412. The molecule has 0 spiro atoms. The van der Waals surface area contributed by atoms with Crippen molar-refractivity contribution in [1.29, 1.82) is 0 Å². The van der Waals surface area contributed by atoms with Crippen LogP contribution in [0.25, 0.3) is 0 Å². The average Bonchev–Trinajstić information content (AvgIpc) is 3.02. The molecule has 0 radical (unpaired) electrons. The number of hydrogen-bond donors (Lipinski definition) is 2. The molecule has 114 valence electrons. The van der Waals surface area contributed by atoms with E-state index in [2.05, 4.69) is 9.97 Å². The van der Waals surface area contributed by atoms with Gasteiger partial charge in [0.2, 0.25) is 0 Å². The molecule has 1 saturated heterocycles.